The predicted octanol–water partition coefficient (Wildman–Crippen LogP) is 11.2. The van der Waals surface area contributed by atoms with Gasteiger partial charge in [0.25, 0.3) is 0 Å². The van der Waals surface area contributed by atoms with E-state index in [4.69, 9.17) is 0 Å². The van der Waals surface area contributed by atoms with Gasteiger partial charge in [-0.2, -0.15) is 0 Å². The normalized spacial score (nSPS) is 21.3. The maximum absolute atomic E-state index is 13.7. The minimum atomic E-state index is -1.50. The fourth-order valence-electron chi connectivity index (χ4n) is 8.56. The fraction of sp³-hybridized carbons (Fsp3) is 0.0800. The van der Waals surface area contributed by atoms with Crippen molar-refractivity contribution in [3.05, 3.63) is 246 Å². The summed E-state index contributed by atoms with van der Waals surface area (Å²) in [5.74, 6) is -1.09. The van der Waals surface area contributed by atoms with E-state index in [2.05, 4.69) is 88.7 Å². The monoisotopic (exact) mass is 700 g/mol. The molecule has 0 aromatic heterocycles. The minimum Gasteiger partial charge on any atom is -0.380 e. The molecule has 9 rings (SSSR count). The highest BCUT2D eigenvalue weighted by atomic mass is 16.3. The molecule has 0 radical (unpaired) electrons. The molecular formula is C50H40N2O2. The highest BCUT2D eigenvalue weighted by molar-refractivity contribution is 5.78. The zero-order valence-electron chi connectivity index (χ0n) is 29.7. The molecule has 262 valence electrons. The molecule has 0 bridgehead atoms. The Labute approximate surface area is 316 Å². The number of anilines is 5. The van der Waals surface area contributed by atoms with Crippen molar-refractivity contribution in [3.63, 3.8) is 0 Å². The van der Waals surface area contributed by atoms with E-state index in [1.165, 1.54) is 0 Å². The van der Waals surface area contributed by atoms with Crippen LogP contribution in [0.3, 0.4) is 0 Å². The van der Waals surface area contributed by atoms with E-state index >= 15 is 0 Å². The van der Waals surface area contributed by atoms with E-state index < -0.39 is 23.0 Å². The SMILES string of the molecule is OC1(c2ccccc2)c2ccc(N(c3ccccc3)c3ccccc3)cc2C(O)(c2ccccc2)C2C=CC(N(c3ccccc3)c3ccccc3)=CC21. The van der Waals surface area contributed by atoms with Gasteiger partial charge >= 0.3 is 0 Å². The first-order valence-electron chi connectivity index (χ1n) is 18.5. The molecule has 2 aliphatic carbocycles. The molecule has 2 N–H and O–H groups in total. The lowest BCUT2D eigenvalue weighted by Gasteiger charge is -2.53. The van der Waals surface area contributed by atoms with Crippen LogP contribution in [0.15, 0.2) is 224 Å². The van der Waals surface area contributed by atoms with Crippen LogP contribution in [0, 0.1) is 11.8 Å². The number of hydrogen-bond acceptors (Lipinski definition) is 4. The molecule has 7 aromatic rings. The van der Waals surface area contributed by atoms with Gasteiger partial charge in [-0.3, -0.25) is 0 Å². The molecule has 54 heavy (non-hydrogen) atoms. The van der Waals surface area contributed by atoms with Crippen molar-refractivity contribution in [2.24, 2.45) is 11.8 Å². The Bertz CT molecular complexity index is 2340. The summed E-state index contributed by atoms with van der Waals surface area (Å²) in [6, 6.07) is 67.2. The van der Waals surface area contributed by atoms with E-state index in [1.807, 2.05) is 140 Å². The number of hydrogen-bond donors (Lipinski definition) is 2. The maximum atomic E-state index is 13.7. The molecule has 0 spiro atoms. The van der Waals surface area contributed by atoms with E-state index in [1.54, 1.807) is 0 Å². The molecule has 4 heteroatoms. The Balaban J connectivity index is 1.31. The Hall–Kier alpha value is -6.46. The lowest BCUT2D eigenvalue weighted by atomic mass is 9.55. The quantitative estimate of drug-likeness (QED) is 0.166. The van der Waals surface area contributed by atoms with Crippen LogP contribution in [0.2, 0.25) is 0 Å². The second-order valence-electron chi connectivity index (χ2n) is 14.0. The van der Waals surface area contributed by atoms with Crippen molar-refractivity contribution in [3.8, 4) is 0 Å². The predicted molar refractivity (Wildman–Crippen MR) is 219 cm³/mol. The molecule has 0 saturated carbocycles. The summed E-state index contributed by atoms with van der Waals surface area (Å²) in [4.78, 5) is 4.42. The maximum Gasteiger partial charge on any atom is 0.122 e. The van der Waals surface area contributed by atoms with Crippen LogP contribution in [-0.4, -0.2) is 10.2 Å². The number of allylic oxidation sites excluding steroid dienone is 1. The van der Waals surface area contributed by atoms with Gasteiger partial charge < -0.3 is 20.0 Å². The third kappa shape index (κ3) is 5.55. The first-order valence-corrected chi connectivity index (χ1v) is 18.5. The molecule has 4 atom stereocenters. The van der Waals surface area contributed by atoms with Crippen molar-refractivity contribution < 1.29 is 10.2 Å². The Kier molecular flexibility index (Phi) is 8.55. The van der Waals surface area contributed by atoms with Crippen molar-refractivity contribution in [2.75, 3.05) is 9.80 Å². The first kappa shape index (κ1) is 33.4. The number of fused-ring (bicyclic) bond motifs is 2. The second-order valence-corrected chi connectivity index (χ2v) is 14.0. The average Bonchev–Trinajstić information content (AvgIpc) is 3.25. The van der Waals surface area contributed by atoms with Gasteiger partial charge in [-0.15, -0.1) is 0 Å². The van der Waals surface area contributed by atoms with Gasteiger partial charge in [0.2, 0.25) is 0 Å². The van der Waals surface area contributed by atoms with Crippen molar-refractivity contribution >= 4 is 28.4 Å². The third-order valence-electron chi connectivity index (χ3n) is 11.0. The van der Waals surface area contributed by atoms with E-state index in [9.17, 15) is 10.2 Å². The summed E-state index contributed by atoms with van der Waals surface area (Å²) in [5, 5.41) is 27.3. The minimum absolute atomic E-state index is 0.535. The first-order chi connectivity index (χ1) is 26.6. The summed E-state index contributed by atoms with van der Waals surface area (Å²) < 4.78 is 0. The van der Waals surface area contributed by atoms with Crippen LogP contribution < -0.4 is 9.80 Å². The van der Waals surface area contributed by atoms with Gasteiger partial charge in [0, 0.05) is 46.0 Å². The molecule has 7 aromatic carbocycles. The van der Waals surface area contributed by atoms with Gasteiger partial charge in [-0.1, -0.05) is 152 Å². The molecule has 0 heterocycles. The second kappa shape index (κ2) is 13.8. The zero-order valence-corrected chi connectivity index (χ0v) is 29.7. The topological polar surface area (TPSA) is 46.9 Å². The number of rotatable bonds is 8. The molecule has 0 aliphatic heterocycles. The number of aliphatic hydroxyl groups is 2. The summed E-state index contributed by atoms with van der Waals surface area (Å²) in [7, 11) is 0. The van der Waals surface area contributed by atoms with Crippen molar-refractivity contribution in [1.29, 1.82) is 0 Å². The lowest BCUT2D eigenvalue weighted by molar-refractivity contribution is -0.0719. The molecule has 0 fully saturated rings. The fourth-order valence-corrected chi connectivity index (χ4v) is 8.56. The van der Waals surface area contributed by atoms with Gasteiger partial charge in [-0.05, 0) is 89.0 Å². The van der Waals surface area contributed by atoms with Crippen LogP contribution >= 0.6 is 0 Å². The Morgan fingerprint density at radius 1 is 0.370 bits per heavy atom. The summed E-state index contributed by atoms with van der Waals surface area (Å²) in [6.45, 7) is 0. The molecular weight excluding hydrogens is 661 g/mol. The average molecular weight is 701 g/mol. The summed E-state index contributed by atoms with van der Waals surface area (Å²) in [6.07, 6.45) is 6.39. The summed E-state index contributed by atoms with van der Waals surface area (Å²) in [5.41, 5.74) is 5.65. The number of nitrogens with zero attached hydrogens (tertiary/aromatic N) is 2. The lowest BCUT2D eigenvalue weighted by Crippen LogP contribution is -2.54. The molecule has 2 aliphatic rings. The molecule has 4 unspecified atom stereocenters. The number of para-hydroxylation sites is 4. The Morgan fingerprint density at radius 2 is 0.759 bits per heavy atom. The van der Waals surface area contributed by atoms with Gasteiger partial charge in [-0.25, -0.2) is 0 Å². The van der Waals surface area contributed by atoms with Crippen LogP contribution in [-0.2, 0) is 11.2 Å². The third-order valence-corrected chi connectivity index (χ3v) is 11.0. The smallest absolute Gasteiger partial charge is 0.122 e. The van der Waals surface area contributed by atoms with E-state index in [-0.39, 0.29) is 0 Å². The molecule has 0 amide bonds. The van der Waals surface area contributed by atoms with Gasteiger partial charge in [0.1, 0.15) is 11.2 Å². The summed E-state index contributed by atoms with van der Waals surface area (Å²) >= 11 is 0. The zero-order chi connectivity index (χ0) is 36.5. The van der Waals surface area contributed by atoms with Gasteiger partial charge in [0.05, 0.1) is 0 Å². The van der Waals surface area contributed by atoms with E-state index in [0.717, 1.165) is 45.3 Å². The Morgan fingerprint density at radius 3 is 1.20 bits per heavy atom. The van der Waals surface area contributed by atoms with Crippen LogP contribution in [0.4, 0.5) is 28.4 Å². The highest BCUT2D eigenvalue weighted by Gasteiger charge is 2.58. The van der Waals surface area contributed by atoms with Crippen LogP contribution in [0.25, 0.3) is 0 Å². The number of benzene rings is 7. The van der Waals surface area contributed by atoms with Crippen molar-refractivity contribution in [1.82, 2.24) is 0 Å². The van der Waals surface area contributed by atoms with Crippen LogP contribution in [0.1, 0.15) is 22.3 Å². The largest absolute Gasteiger partial charge is 0.380 e. The molecule has 0 saturated heterocycles. The molecule has 4 nitrogen and oxygen atoms in total. The van der Waals surface area contributed by atoms with Crippen molar-refractivity contribution in [2.45, 2.75) is 11.2 Å². The van der Waals surface area contributed by atoms with Gasteiger partial charge in [0.15, 0.2) is 0 Å². The standard InChI is InChI=1S/C50H40N2O2/c53-49(37-19-7-1-8-20-37)45-33-31-44(52(41-27-15-5-16-28-41)42-29-17-6-18-30-42)36-48(45)50(54,38-21-9-2-10-22-38)46-34-32-43(35-47(46)49)51(39-23-11-3-12-24-39)40-25-13-4-14-26-40/h1-36,45,48,53-54H. The van der Waals surface area contributed by atoms with E-state index in [0.29, 0.717) is 11.1 Å². The van der Waals surface area contributed by atoms with Crippen LogP contribution in [0.5, 0.6) is 0 Å². The highest BCUT2D eigenvalue weighted by Crippen LogP contribution is 2.59.